The molecule has 1 saturated heterocycles. The zero-order chi connectivity index (χ0) is 19.9. The molecule has 0 atom stereocenters. The SMILES string of the molecule is CN(CCC(=O)O)C(=O)Cc1csc(-c2cccc(CN3CCOCC3)c2)n1. The number of aliphatic carboxylic acids is 1. The second kappa shape index (κ2) is 9.77. The number of carbonyl (C=O) groups excluding carboxylic acids is 1. The largest absolute Gasteiger partial charge is 0.481 e. The van der Waals surface area contributed by atoms with Crippen LogP contribution in [0.25, 0.3) is 10.6 Å². The number of rotatable bonds is 8. The molecule has 1 fully saturated rings. The Morgan fingerprint density at radius 1 is 1.32 bits per heavy atom. The number of thiazole rings is 1. The van der Waals surface area contributed by atoms with E-state index < -0.39 is 5.97 Å². The number of ether oxygens (including phenoxy) is 1. The number of carbonyl (C=O) groups is 2. The monoisotopic (exact) mass is 403 g/mol. The number of benzene rings is 1. The van der Waals surface area contributed by atoms with Crippen molar-refractivity contribution in [2.24, 2.45) is 0 Å². The molecule has 0 unspecified atom stereocenters. The Morgan fingerprint density at radius 3 is 2.86 bits per heavy atom. The normalized spacial score (nSPS) is 14.8. The highest BCUT2D eigenvalue weighted by molar-refractivity contribution is 7.13. The quantitative estimate of drug-likeness (QED) is 0.727. The van der Waals surface area contributed by atoms with E-state index in [2.05, 4.69) is 22.0 Å². The Bertz CT molecular complexity index is 817. The van der Waals surface area contributed by atoms with Gasteiger partial charge in [-0.25, -0.2) is 4.98 Å². The highest BCUT2D eigenvalue weighted by Crippen LogP contribution is 2.25. The summed E-state index contributed by atoms with van der Waals surface area (Å²) in [6.45, 7) is 4.55. The summed E-state index contributed by atoms with van der Waals surface area (Å²) in [4.78, 5) is 31.3. The number of hydrogen-bond donors (Lipinski definition) is 1. The third-order valence-corrected chi connectivity index (χ3v) is 5.59. The molecule has 1 aliphatic heterocycles. The third-order valence-electron chi connectivity index (χ3n) is 4.65. The number of carboxylic acid groups (broad SMARTS) is 1. The van der Waals surface area contributed by atoms with Crippen LogP contribution in [0.4, 0.5) is 0 Å². The summed E-state index contributed by atoms with van der Waals surface area (Å²) in [5, 5.41) is 11.5. The second-order valence-electron chi connectivity index (χ2n) is 6.87. The molecule has 0 radical (unpaired) electrons. The van der Waals surface area contributed by atoms with Gasteiger partial charge in [0.15, 0.2) is 0 Å². The summed E-state index contributed by atoms with van der Waals surface area (Å²) in [7, 11) is 1.62. The molecular weight excluding hydrogens is 378 g/mol. The van der Waals surface area contributed by atoms with Gasteiger partial charge >= 0.3 is 5.97 Å². The lowest BCUT2D eigenvalue weighted by molar-refractivity contribution is -0.138. The van der Waals surface area contributed by atoms with Crippen LogP contribution in [-0.4, -0.2) is 71.7 Å². The number of hydrogen-bond acceptors (Lipinski definition) is 6. The van der Waals surface area contributed by atoms with E-state index >= 15 is 0 Å². The van der Waals surface area contributed by atoms with Crippen LogP contribution in [0, 0.1) is 0 Å². The van der Waals surface area contributed by atoms with Crippen LogP contribution in [-0.2, 0) is 27.3 Å². The number of likely N-dealkylation sites (N-methyl/N-ethyl adjacent to an activating group) is 1. The lowest BCUT2D eigenvalue weighted by Crippen LogP contribution is -2.35. The van der Waals surface area contributed by atoms with Crippen molar-refractivity contribution < 1.29 is 19.4 Å². The summed E-state index contributed by atoms with van der Waals surface area (Å²) in [6, 6.07) is 8.34. The number of nitrogens with zero attached hydrogens (tertiary/aromatic N) is 3. The lowest BCUT2D eigenvalue weighted by Gasteiger charge is -2.26. The molecule has 2 heterocycles. The summed E-state index contributed by atoms with van der Waals surface area (Å²) in [5.74, 6) is -1.04. The summed E-state index contributed by atoms with van der Waals surface area (Å²) in [6.07, 6.45) is 0.126. The molecule has 7 nitrogen and oxygen atoms in total. The van der Waals surface area contributed by atoms with Crippen molar-refractivity contribution in [2.45, 2.75) is 19.4 Å². The predicted octanol–water partition coefficient (Wildman–Crippen LogP) is 2.12. The average Bonchev–Trinajstić information content (AvgIpc) is 3.15. The molecule has 28 heavy (non-hydrogen) atoms. The predicted molar refractivity (Wildman–Crippen MR) is 107 cm³/mol. The topological polar surface area (TPSA) is 83.0 Å². The molecule has 0 bridgehead atoms. The summed E-state index contributed by atoms with van der Waals surface area (Å²) < 4.78 is 5.40. The van der Waals surface area contributed by atoms with Crippen molar-refractivity contribution >= 4 is 23.2 Å². The highest BCUT2D eigenvalue weighted by Gasteiger charge is 2.15. The molecule has 0 saturated carbocycles. The Balaban J connectivity index is 1.60. The van der Waals surface area contributed by atoms with Gasteiger partial charge in [0.2, 0.25) is 5.91 Å². The molecule has 1 amide bonds. The first kappa shape index (κ1) is 20.4. The maximum absolute atomic E-state index is 12.2. The Hall–Kier alpha value is -2.29. The van der Waals surface area contributed by atoms with E-state index in [1.807, 2.05) is 17.5 Å². The molecule has 8 heteroatoms. The van der Waals surface area contributed by atoms with Crippen LogP contribution < -0.4 is 0 Å². The fourth-order valence-electron chi connectivity index (χ4n) is 3.02. The molecule has 1 aromatic heterocycles. The van der Waals surface area contributed by atoms with Crippen LogP contribution in [0.3, 0.4) is 0 Å². The maximum atomic E-state index is 12.2. The summed E-state index contributed by atoms with van der Waals surface area (Å²) >= 11 is 1.52. The number of carboxylic acids is 1. The van der Waals surface area contributed by atoms with Crippen molar-refractivity contribution in [3.8, 4) is 10.6 Å². The van der Waals surface area contributed by atoms with Crippen LogP contribution in [0.2, 0.25) is 0 Å². The Kier molecular flexibility index (Phi) is 7.13. The van der Waals surface area contributed by atoms with Crippen molar-refractivity contribution in [1.29, 1.82) is 0 Å². The lowest BCUT2D eigenvalue weighted by atomic mass is 10.1. The first-order valence-corrected chi connectivity index (χ1v) is 10.2. The fourth-order valence-corrected chi connectivity index (χ4v) is 3.84. The maximum Gasteiger partial charge on any atom is 0.305 e. The van der Waals surface area contributed by atoms with Gasteiger partial charge in [-0.05, 0) is 11.6 Å². The highest BCUT2D eigenvalue weighted by atomic mass is 32.1. The standard InChI is InChI=1S/C20H25N3O4S/c1-22(6-5-19(25)26)18(24)12-17-14-28-20(21-17)16-4-2-3-15(11-16)13-23-7-9-27-10-8-23/h2-4,11,14H,5-10,12-13H2,1H3,(H,25,26). The van der Waals surface area contributed by atoms with Gasteiger partial charge in [0.05, 0.1) is 31.7 Å². The van der Waals surface area contributed by atoms with E-state index in [0.29, 0.717) is 5.69 Å². The number of amides is 1. The van der Waals surface area contributed by atoms with Crippen LogP contribution in [0.1, 0.15) is 17.7 Å². The zero-order valence-electron chi connectivity index (χ0n) is 16.0. The molecular formula is C20H25N3O4S. The molecule has 1 aliphatic rings. The Morgan fingerprint density at radius 2 is 2.11 bits per heavy atom. The fraction of sp³-hybridized carbons (Fsp3) is 0.450. The molecule has 150 valence electrons. The third kappa shape index (κ3) is 5.85. The van der Waals surface area contributed by atoms with Crippen molar-refractivity contribution in [3.05, 3.63) is 40.9 Å². The van der Waals surface area contributed by atoms with Crippen molar-refractivity contribution in [2.75, 3.05) is 39.9 Å². The minimum absolute atomic E-state index is 0.0551. The number of morpholine rings is 1. The van der Waals surface area contributed by atoms with Gasteiger partial charge in [0.25, 0.3) is 0 Å². The minimum Gasteiger partial charge on any atom is -0.481 e. The van der Waals surface area contributed by atoms with Crippen molar-refractivity contribution in [3.63, 3.8) is 0 Å². The first-order valence-electron chi connectivity index (χ1n) is 9.31. The smallest absolute Gasteiger partial charge is 0.305 e. The molecule has 2 aromatic rings. The summed E-state index contributed by atoms with van der Waals surface area (Å²) in [5.41, 5.74) is 3.00. The van der Waals surface area contributed by atoms with E-state index in [4.69, 9.17) is 9.84 Å². The van der Waals surface area contributed by atoms with Gasteiger partial charge in [0.1, 0.15) is 5.01 Å². The van der Waals surface area contributed by atoms with E-state index in [1.165, 1.54) is 21.8 Å². The molecule has 0 aliphatic carbocycles. The van der Waals surface area contributed by atoms with E-state index in [0.717, 1.165) is 43.4 Å². The minimum atomic E-state index is -0.910. The average molecular weight is 404 g/mol. The van der Waals surface area contributed by atoms with Gasteiger partial charge in [-0.2, -0.15) is 0 Å². The van der Waals surface area contributed by atoms with Crippen LogP contribution >= 0.6 is 11.3 Å². The van der Waals surface area contributed by atoms with Crippen LogP contribution in [0.15, 0.2) is 29.6 Å². The molecule has 0 spiro atoms. The van der Waals surface area contributed by atoms with Gasteiger partial charge in [-0.3, -0.25) is 14.5 Å². The van der Waals surface area contributed by atoms with Gasteiger partial charge < -0.3 is 14.7 Å². The van der Waals surface area contributed by atoms with Crippen LogP contribution in [0.5, 0.6) is 0 Å². The van der Waals surface area contributed by atoms with E-state index in [1.54, 1.807) is 7.05 Å². The van der Waals surface area contributed by atoms with Gasteiger partial charge in [-0.15, -0.1) is 11.3 Å². The van der Waals surface area contributed by atoms with Gasteiger partial charge in [0, 0.05) is 44.2 Å². The Labute approximate surface area is 168 Å². The molecule has 1 N–H and O–H groups in total. The van der Waals surface area contributed by atoms with Gasteiger partial charge in [-0.1, -0.05) is 18.2 Å². The molecule has 3 rings (SSSR count). The zero-order valence-corrected chi connectivity index (χ0v) is 16.8. The molecule has 1 aromatic carbocycles. The second-order valence-corrected chi connectivity index (χ2v) is 7.73. The van der Waals surface area contributed by atoms with E-state index in [-0.39, 0.29) is 25.3 Å². The number of aromatic nitrogens is 1. The first-order chi connectivity index (χ1) is 13.5. The van der Waals surface area contributed by atoms with Crippen molar-refractivity contribution in [1.82, 2.24) is 14.8 Å². The van der Waals surface area contributed by atoms with E-state index in [9.17, 15) is 9.59 Å².